The topological polar surface area (TPSA) is 82.3 Å². The Labute approximate surface area is 184 Å². The number of benzene rings is 3. The molecule has 3 rings (SSSR count). The van der Waals surface area contributed by atoms with Gasteiger partial charge in [0, 0.05) is 34.5 Å². The fourth-order valence-corrected chi connectivity index (χ4v) is 2.81. The third kappa shape index (κ3) is 6.99. The van der Waals surface area contributed by atoms with Crippen LogP contribution in [0, 0.1) is 0 Å². The number of halogens is 2. The van der Waals surface area contributed by atoms with E-state index in [1.807, 2.05) is 24.3 Å². The maximum atomic E-state index is 12.0. The van der Waals surface area contributed by atoms with Gasteiger partial charge in [0.05, 0.1) is 0 Å². The average Bonchev–Trinajstić information content (AvgIpc) is 2.75. The quantitative estimate of drug-likeness (QED) is 0.398. The summed E-state index contributed by atoms with van der Waals surface area (Å²) >= 11 is 11.6. The first-order chi connectivity index (χ1) is 14.5. The van der Waals surface area contributed by atoms with E-state index in [1.165, 1.54) is 0 Å². The van der Waals surface area contributed by atoms with Crippen molar-refractivity contribution in [3.63, 3.8) is 0 Å². The smallest absolute Gasteiger partial charge is 0.319 e. The van der Waals surface area contributed by atoms with Crippen LogP contribution in [-0.4, -0.2) is 12.1 Å². The number of carbonyl (C=O) groups is 2. The van der Waals surface area contributed by atoms with Gasteiger partial charge in [0.15, 0.2) is 0 Å². The maximum absolute atomic E-state index is 12.0. The zero-order valence-corrected chi connectivity index (χ0v) is 17.4. The average molecular weight is 443 g/mol. The molecule has 30 heavy (non-hydrogen) atoms. The SMILES string of the molecule is O=C(NCc1ccc(CNC(=O)Nc2ccc(Cl)cc2)cc1)Nc1ccc(Cl)cc1. The van der Waals surface area contributed by atoms with Gasteiger partial charge in [-0.1, -0.05) is 47.5 Å². The number of hydrogen-bond acceptors (Lipinski definition) is 2. The molecule has 0 saturated heterocycles. The van der Waals surface area contributed by atoms with Crippen molar-refractivity contribution in [1.82, 2.24) is 10.6 Å². The highest BCUT2D eigenvalue weighted by atomic mass is 35.5. The molecule has 0 saturated carbocycles. The van der Waals surface area contributed by atoms with Crippen molar-refractivity contribution in [3.8, 4) is 0 Å². The van der Waals surface area contributed by atoms with Gasteiger partial charge in [-0.3, -0.25) is 0 Å². The third-order valence-corrected chi connectivity index (χ3v) is 4.64. The largest absolute Gasteiger partial charge is 0.334 e. The van der Waals surface area contributed by atoms with Crippen molar-refractivity contribution < 1.29 is 9.59 Å². The van der Waals surface area contributed by atoms with E-state index < -0.39 is 0 Å². The summed E-state index contributed by atoms with van der Waals surface area (Å²) in [6.45, 7) is 0.758. The minimum Gasteiger partial charge on any atom is -0.334 e. The third-order valence-electron chi connectivity index (χ3n) is 4.13. The fraction of sp³-hybridized carbons (Fsp3) is 0.0909. The molecule has 0 aliphatic rings. The van der Waals surface area contributed by atoms with Crippen molar-refractivity contribution in [2.24, 2.45) is 0 Å². The zero-order chi connectivity index (χ0) is 21.3. The van der Waals surface area contributed by atoms with Gasteiger partial charge in [-0.05, 0) is 59.7 Å². The molecule has 0 aromatic heterocycles. The second-order valence-electron chi connectivity index (χ2n) is 6.45. The number of carbonyl (C=O) groups excluding carboxylic acids is 2. The Bertz CT molecular complexity index is 909. The summed E-state index contributed by atoms with van der Waals surface area (Å²) < 4.78 is 0. The molecule has 0 unspecified atom stereocenters. The normalized spacial score (nSPS) is 10.2. The van der Waals surface area contributed by atoms with Crippen LogP contribution in [0.25, 0.3) is 0 Å². The van der Waals surface area contributed by atoms with Gasteiger partial charge in [-0.25, -0.2) is 9.59 Å². The number of nitrogens with one attached hydrogen (secondary N) is 4. The van der Waals surface area contributed by atoms with Crippen LogP contribution in [0.3, 0.4) is 0 Å². The van der Waals surface area contributed by atoms with Crippen molar-refractivity contribution in [2.45, 2.75) is 13.1 Å². The standard InChI is InChI=1S/C22H20Cl2N4O2/c23-17-5-9-19(10-6-17)27-21(29)25-13-15-1-2-16(4-3-15)14-26-22(30)28-20-11-7-18(24)8-12-20/h1-12H,13-14H2,(H2,25,27,29)(H2,26,28,30). The number of amides is 4. The molecule has 6 nitrogen and oxygen atoms in total. The Balaban J connectivity index is 1.40. The summed E-state index contributed by atoms with van der Waals surface area (Å²) in [5, 5.41) is 12.3. The lowest BCUT2D eigenvalue weighted by Gasteiger charge is -2.10. The first-order valence-corrected chi connectivity index (χ1v) is 9.92. The first kappa shape index (κ1) is 21.5. The molecular formula is C22H20Cl2N4O2. The molecule has 0 aliphatic carbocycles. The Morgan fingerprint density at radius 1 is 0.567 bits per heavy atom. The lowest BCUT2D eigenvalue weighted by Crippen LogP contribution is -2.28. The van der Waals surface area contributed by atoms with Gasteiger partial charge < -0.3 is 21.3 Å². The van der Waals surface area contributed by atoms with E-state index in [0.717, 1.165) is 11.1 Å². The van der Waals surface area contributed by atoms with Crippen LogP contribution in [0.1, 0.15) is 11.1 Å². The predicted octanol–water partition coefficient (Wildman–Crippen LogP) is 5.64. The van der Waals surface area contributed by atoms with Crippen molar-refractivity contribution in [2.75, 3.05) is 10.6 Å². The van der Waals surface area contributed by atoms with Crippen LogP contribution in [0.15, 0.2) is 72.8 Å². The van der Waals surface area contributed by atoms with E-state index >= 15 is 0 Å². The summed E-state index contributed by atoms with van der Waals surface area (Å²) in [6.07, 6.45) is 0. The van der Waals surface area contributed by atoms with Crippen LogP contribution < -0.4 is 21.3 Å². The van der Waals surface area contributed by atoms with E-state index in [0.29, 0.717) is 34.5 Å². The van der Waals surface area contributed by atoms with Crippen LogP contribution >= 0.6 is 23.2 Å². The molecule has 8 heteroatoms. The van der Waals surface area contributed by atoms with Gasteiger partial charge in [0.2, 0.25) is 0 Å². The monoisotopic (exact) mass is 442 g/mol. The van der Waals surface area contributed by atoms with Gasteiger partial charge in [0.1, 0.15) is 0 Å². The fourth-order valence-electron chi connectivity index (χ4n) is 2.56. The molecule has 0 spiro atoms. The minimum atomic E-state index is -0.304. The van der Waals surface area contributed by atoms with Crippen LogP contribution in [0.2, 0.25) is 10.0 Å². The second kappa shape index (κ2) is 10.5. The Kier molecular flexibility index (Phi) is 7.54. The molecular weight excluding hydrogens is 423 g/mol. The van der Waals surface area contributed by atoms with E-state index in [9.17, 15) is 9.59 Å². The summed E-state index contributed by atoms with van der Waals surface area (Å²) in [7, 11) is 0. The Morgan fingerprint density at radius 3 is 1.23 bits per heavy atom. The van der Waals surface area contributed by atoms with Gasteiger partial charge in [0.25, 0.3) is 0 Å². The lowest BCUT2D eigenvalue weighted by molar-refractivity contribution is 0.251. The summed E-state index contributed by atoms with van der Waals surface area (Å²) in [4.78, 5) is 23.9. The van der Waals surface area contributed by atoms with Crippen LogP contribution in [0.4, 0.5) is 21.0 Å². The van der Waals surface area contributed by atoms with Gasteiger partial charge in [-0.15, -0.1) is 0 Å². The highest BCUT2D eigenvalue weighted by Crippen LogP contribution is 2.14. The molecule has 0 aliphatic heterocycles. The molecule has 0 atom stereocenters. The molecule has 4 N–H and O–H groups in total. The number of rotatable bonds is 6. The summed E-state index contributed by atoms with van der Waals surface area (Å²) in [5.74, 6) is 0. The number of urea groups is 2. The number of anilines is 2. The van der Waals surface area contributed by atoms with E-state index in [2.05, 4.69) is 21.3 Å². The minimum absolute atomic E-state index is 0.304. The van der Waals surface area contributed by atoms with Gasteiger partial charge >= 0.3 is 12.1 Å². The lowest BCUT2D eigenvalue weighted by atomic mass is 10.1. The molecule has 4 amide bonds. The molecule has 3 aromatic carbocycles. The van der Waals surface area contributed by atoms with Gasteiger partial charge in [-0.2, -0.15) is 0 Å². The molecule has 0 fully saturated rings. The number of hydrogen-bond donors (Lipinski definition) is 4. The van der Waals surface area contributed by atoms with E-state index in [4.69, 9.17) is 23.2 Å². The summed E-state index contributed by atoms with van der Waals surface area (Å²) in [5.41, 5.74) is 3.21. The Hall–Kier alpha value is -3.22. The zero-order valence-electron chi connectivity index (χ0n) is 15.9. The van der Waals surface area contributed by atoms with Crippen molar-refractivity contribution in [1.29, 1.82) is 0 Å². The molecule has 0 bridgehead atoms. The predicted molar refractivity (Wildman–Crippen MR) is 121 cm³/mol. The maximum Gasteiger partial charge on any atom is 0.319 e. The second-order valence-corrected chi connectivity index (χ2v) is 7.32. The highest BCUT2D eigenvalue weighted by Gasteiger charge is 2.04. The molecule has 3 aromatic rings. The molecule has 154 valence electrons. The van der Waals surface area contributed by atoms with E-state index in [-0.39, 0.29) is 12.1 Å². The van der Waals surface area contributed by atoms with Crippen molar-refractivity contribution in [3.05, 3.63) is 94.0 Å². The first-order valence-electron chi connectivity index (χ1n) is 9.16. The van der Waals surface area contributed by atoms with E-state index in [1.54, 1.807) is 48.5 Å². The van der Waals surface area contributed by atoms with Crippen LogP contribution in [-0.2, 0) is 13.1 Å². The van der Waals surface area contributed by atoms with Crippen LogP contribution in [0.5, 0.6) is 0 Å². The van der Waals surface area contributed by atoms with Crippen molar-refractivity contribution >= 4 is 46.6 Å². The Morgan fingerprint density at radius 2 is 0.900 bits per heavy atom. The molecule has 0 radical (unpaired) electrons. The highest BCUT2D eigenvalue weighted by molar-refractivity contribution is 6.30. The molecule has 0 heterocycles. The summed E-state index contributed by atoms with van der Waals surface area (Å²) in [6, 6.07) is 20.7.